The van der Waals surface area contributed by atoms with E-state index >= 15 is 0 Å². The fraction of sp³-hybridized carbons (Fsp3) is 0.250. The molecule has 1 aliphatic heterocycles. The molecule has 3 atom stereocenters. The summed E-state index contributed by atoms with van der Waals surface area (Å²) in [5.41, 5.74) is 1.67. The lowest BCUT2D eigenvalue weighted by Crippen LogP contribution is -2.65. The van der Waals surface area contributed by atoms with Crippen LogP contribution in [0.4, 0.5) is 4.39 Å². The number of aliphatic hydroxyl groups excluding tert-OH is 1. The number of aliphatic hydroxyl groups is 1. The summed E-state index contributed by atoms with van der Waals surface area (Å²) in [5, 5.41) is 19.5. The Bertz CT molecular complexity index is 1010. The number of rotatable bonds is 5. The van der Waals surface area contributed by atoms with Gasteiger partial charge in [-0.15, -0.1) is 0 Å². The van der Waals surface area contributed by atoms with Gasteiger partial charge in [0, 0.05) is 5.92 Å². The van der Waals surface area contributed by atoms with E-state index in [2.05, 4.69) is 0 Å². The van der Waals surface area contributed by atoms with E-state index in [1.165, 1.54) is 12.1 Å². The highest BCUT2D eigenvalue weighted by atomic mass is 32.2. The Hall–Kier alpha value is -2.53. The second kappa shape index (κ2) is 7.61. The molecule has 2 aromatic carbocycles. The van der Waals surface area contributed by atoms with Gasteiger partial charge < -0.3 is 5.11 Å². The number of benzene rings is 2. The first-order valence-electron chi connectivity index (χ1n) is 8.47. The fourth-order valence-electron chi connectivity index (χ4n) is 3.56. The van der Waals surface area contributed by atoms with Crippen molar-refractivity contribution < 1.29 is 17.9 Å². The quantitative estimate of drug-likeness (QED) is 0.857. The Kier molecular flexibility index (Phi) is 5.42. The van der Waals surface area contributed by atoms with Crippen molar-refractivity contribution in [2.45, 2.75) is 29.8 Å². The minimum absolute atomic E-state index is 0.235. The molecule has 0 spiro atoms. The van der Waals surface area contributed by atoms with Crippen molar-refractivity contribution in [2.24, 2.45) is 0 Å². The molecule has 1 heterocycles. The third-order valence-corrected chi connectivity index (χ3v) is 6.65. The van der Waals surface area contributed by atoms with Gasteiger partial charge in [-0.25, -0.2) is 12.8 Å². The van der Waals surface area contributed by atoms with E-state index in [0.717, 1.165) is 27.6 Å². The van der Waals surface area contributed by atoms with Crippen LogP contribution >= 0.6 is 0 Å². The van der Waals surface area contributed by atoms with Crippen LogP contribution in [0.5, 0.6) is 0 Å². The van der Waals surface area contributed by atoms with Crippen LogP contribution in [-0.4, -0.2) is 36.5 Å². The number of nitriles is 1. The van der Waals surface area contributed by atoms with Gasteiger partial charge in [-0.3, -0.25) is 0 Å². The topological polar surface area (TPSA) is 81.4 Å². The molecule has 0 amide bonds. The summed E-state index contributed by atoms with van der Waals surface area (Å²) in [4.78, 5) is -0.235. The molecule has 2 aromatic rings. The predicted octanol–water partition coefficient (Wildman–Crippen LogP) is 2.90. The predicted molar refractivity (Wildman–Crippen MR) is 99.6 cm³/mol. The lowest BCUT2D eigenvalue weighted by molar-refractivity contribution is 0.0556. The van der Waals surface area contributed by atoms with Gasteiger partial charge in [-0.1, -0.05) is 42.5 Å². The molecule has 1 saturated heterocycles. The zero-order valence-electron chi connectivity index (χ0n) is 14.7. The lowest BCUT2D eigenvalue weighted by Gasteiger charge is -2.50. The van der Waals surface area contributed by atoms with E-state index in [-0.39, 0.29) is 4.90 Å². The Morgan fingerprint density at radius 3 is 2.63 bits per heavy atom. The molecule has 1 N–H and O–H groups in total. The van der Waals surface area contributed by atoms with Crippen LogP contribution < -0.4 is 0 Å². The molecule has 0 aliphatic carbocycles. The zero-order valence-corrected chi connectivity index (χ0v) is 15.5. The van der Waals surface area contributed by atoms with E-state index in [9.17, 15) is 23.2 Å². The average Bonchev–Trinajstić information content (AvgIpc) is 2.63. The summed E-state index contributed by atoms with van der Waals surface area (Å²) in [7, 11) is -4.12. The van der Waals surface area contributed by atoms with Gasteiger partial charge in [-0.2, -0.15) is 9.57 Å². The van der Waals surface area contributed by atoms with Crippen LogP contribution in [0.15, 0.2) is 59.5 Å². The smallest absolute Gasteiger partial charge is 0.244 e. The molecule has 140 valence electrons. The van der Waals surface area contributed by atoms with Crippen LogP contribution in [-0.2, 0) is 10.0 Å². The van der Waals surface area contributed by atoms with Crippen LogP contribution in [0.2, 0.25) is 0 Å². The third kappa shape index (κ3) is 3.28. The molecular weight excluding hydrogens is 367 g/mol. The normalized spacial score (nSPS) is 23.1. The maximum Gasteiger partial charge on any atom is 0.244 e. The fourth-order valence-corrected chi connectivity index (χ4v) is 5.35. The van der Waals surface area contributed by atoms with Gasteiger partial charge in [-0.05, 0) is 36.2 Å². The van der Waals surface area contributed by atoms with E-state index in [0.29, 0.717) is 0 Å². The lowest BCUT2D eigenvalue weighted by atomic mass is 9.76. The highest BCUT2D eigenvalue weighted by molar-refractivity contribution is 7.89. The first-order chi connectivity index (χ1) is 13.0. The number of nitrogens with zero attached hydrogens (tertiary/aromatic N) is 2. The molecule has 0 unspecified atom stereocenters. The maximum absolute atomic E-state index is 13.5. The SMILES string of the molecule is C/C=C/c1ccccc1[C@H]1[C@@H](C#N)N(S(=O)(=O)c2cccc(F)c2)[C@H]1CO. The molecule has 1 aliphatic rings. The van der Waals surface area contributed by atoms with Crippen molar-refractivity contribution in [1.82, 2.24) is 4.31 Å². The number of hydrogen-bond donors (Lipinski definition) is 1. The molecule has 3 rings (SSSR count). The molecule has 0 bridgehead atoms. The summed E-state index contributed by atoms with van der Waals surface area (Å²) in [5.74, 6) is -1.16. The first kappa shape index (κ1) is 19.2. The van der Waals surface area contributed by atoms with Crippen molar-refractivity contribution >= 4 is 16.1 Å². The minimum Gasteiger partial charge on any atom is -0.395 e. The molecule has 5 nitrogen and oxygen atoms in total. The van der Waals surface area contributed by atoms with E-state index in [4.69, 9.17) is 0 Å². The number of sulfonamides is 1. The van der Waals surface area contributed by atoms with Crippen molar-refractivity contribution in [1.29, 1.82) is 5.26 Å². The van der Waals surface area contributed by atoms with Gasteiger partial charge in [0.25, 0.3) is 0 Å². The third-order valence-electron chi connectivity index (χ3n) is 4.75. The van der Waals surface area contributed by atoms with Gasteiger partial charge in [0.15, 0.2) is 0 Å². The Morgan fingerprint density at radius 2 is 2.00 bits per heavy atom. The average molecular weight is 386 g/mol. The molecular formula is C20H19FN2O3S. The van der Waals surface area contributed by atoms with E-state index in [1.807, 2.05) is 49.4 Å². The van der Waals surface area contributed by atoms with Gasteiger partial charge >= 0.3 is 0 Å². The summed E-state index contributed by atoms with van der Waals surface area (Å²) in [6.07, 6.45) is 3.73. The van der Waals surface area contributed by atoms with Gasteiger partial charge in [0.2, 0.25) is 10.0 Å². The maximum atomic E-state index is 13.5. The second-order valence-electron chi connectivity index (χ2n) is 6.27. The van der Waals surface area contributed by atoms with Crippen LogP contribution in [0, 0.1) is 17.1 Å². The zero-order chi connectivity index (χ0) is 19.6. The Labute approximate surface area is 158 Å². The summed E-state index contributed by atoms with van der Waals surface area (Å²) < 4.78 is 40.5. The summed E-state index contributed by atoms with van der Waals surface area (Å²) in [6.45, 7) is 1.42. The van der Waals surface area contributed by atoms with Crippen molar-refractivity contribution in [3.63, 3.8) is 0 Å². The van der Waals surface area contributed by atoms with Crippen LogP contribution in [0.1, 0.15) is 24.0 Å². The van der Waals surface area contributed by atoms with Gasteiger partial charge in [0.1, 0.15) is 11.9 Å². The summed E-state index contributed by atoms with van der Waals surface area (Å²) in [6, 6.07) is 12.3. The van der Waals surface area contributed by atoms with Crippen molar-refractivity contribution in [3.05, 3.63) is 71.6 Å². The molecule has 0 saturated carbocycles. The van der Waals surface area contributed by atoms with E-state index in [1.54, 1.807) is 0 Å². The number of allylic oxidation sites excluding steroid dienone is 1. The minimum atomic E-state index is -4.12. The Morgan fingerprint density at radius 1 is 1.26 bits per heavy atom. The first-order valence-corrected chi connectivity index (χ1v) is 9.91. The largest absolute Gasteiger partial charge is 0.395 e. The summed E-state index contributed by atoms with van der Waals surface area (Å²) >= 11 is 0. The number of hydrogen-bond acceptors (Lipinski definition) is 4. The van der Waals surface area contributed by atoms with Crippen LogP contribution in [0.25, 0.3) is 6.08 Å². The van der Waals surface area contributed by atoms with Crippen LogP contribution in [0.3, 0.4) is 0 Å². The van der Waals surface area contributed by atoms with Gasteiger partial charge in [0.05, 0.1) is 23.6 Å². The highest BCUT2D eigenvalue weighted by Gasteiger charge is 2.55. The second-order valence-corrected chi connectivity index (χ2v) is 8.11. The van der Waals surface area contributed by atoms with Crippen molar-refractivity contribution in [2.75, 3.05) is 6.61 Å². The Balaban J connectivity index is 2.05. The molecule has 0 aromatic heterocycles. The highest BCUT2D eigenvalue weighted by Crippen LogP contribution is 2.45. The standard InChI is InChI=1S/C20H19FN2O3S/c1-2-6-14-7-3-4-10-17(14)20-18(12-22)23(19(20)13-24)27(25,26)16-9-5-8-15(21)11-16/h2-11,18-20,24H,13H2,1H3/b6-2+/t18-,19+,20+/m1/s1. The number of halogens is 1. The molecule has 0 radical (unpaired) electrons. The molecule has 7 heteroatoms. The molecule has 1 fully saturated rings. The monoisotopic (exact) mass is 386 g/mol. The molecule has 27 heavy (non-hydrogen) atoms. The van der Waals surface area contributed by atoms with E-state index < -0.39 is 40.4 Å². The van der Waals surface area contributed by atoms with Crippen molar-refractivity contribution in [3.8, 4) is 6.07 Å².